The number of ether oxygens (including phenoxy) is 2. The average molecular weight is 432 g/mol. The van der Waals surface area contributed by atoms with Crippen molar-refractivity contribution >= 4 is 17.7 Å². The van der Waals surface area contributed by atoms with E-state index in [-0.39, 0.29) is 48.8 Å². The molecule has 1 unspecified atom stereocenters. The highest BCUT2D eigenvalue weighted by atomic mass is 16.5. The first kappa shape index (κ1) is 22.9. The third kappa shape index (κ3) is 6.12. The number of carbonyl (C=O) groups is 3. The molecule has 0 bridgehead atoms. The molecule has 2 aliphatic heterocycles. The summed E-state index contributed by atoms with van der Waals surface area (Å²) in [4.78, 5) is 40.6. The molecule has 1 aromatic rings. The Bertz CT molecular complexity index is 772. The molecule has 1 atom stereocenters. The summed E-state index contributed by atoms with van der Waals surface area (Å²) in [6.07, 6.45) is 1.69. The molecule has 8 heteroatoms. The molecule has 1 aromatic carbocycles. The van der Waals surface area contributed by atoms with E-state index < -0.39 is 0 Å². The Morgan fingerprint density at radius 3 is 2.26 bits per heavy atom. The molecule has 170 valence electrons. The maximum absolute atomic E-state index is 12.6. The van der Waals surface area contributed by atoms with E-state index in [0.29, 0.717) is 44.8 Å². The van der Waals surface area contributed by atoms with Gasteiger partial charge in [-0.15, -0.1) is 0 Å². The van der Waals surface area contributed by atoms with Crippen molar-refractivity contribution in [2.24, 2.45) is 5.92 Å². The Kier molecular flexibility index (Phi) is 7.76. The van der Waals surface area contributed by atoms with Gasteiger partial charge in [-0.05, 0) is 57.9 Å². The third-order valence-electron chi connectivity index (χ3n) is 5.84. The molecule has 31 heavy (non-hydrogen) atoms. The molecular weight excluding hydrogens is 398 g/mol. The summed E-state index contributed by atoms with van der Waals surface area (Å²) in [7, 11) is 0. The molecule has 2 aliphatic rings. The van der Waals surface area contributed by atoms with Gasteiger partial charge in [0.15, 0.2) is 6.61 Å². The van der Waals surface area contributed by atoms with Crippen molar-refractivity contribution in [3.05, 3.63) is 24.3 Å². The zero-order valence-corrected chi connectivity index (χ0v) is 18.6. The fourth-order valence-electron chi connectivity index (χ4n) is 4.03. The Morgan fingerprint density at radius 1 is 1.10 bits per heavy atom. The van der Waals surface area contributed by atoms with Crippen LogP contribution in [0.4, 0.5) is 0 Å². The molecular formula is C23H33N3O5. The summed E-state index contributed by atoms with van der Waals surface area (Å²) in [5.41, 5.74) is 0. The van der Waals surface area contributed by atoms with Crippen molar-refractivity contribution in [3.63, 3.8) is 0 Å². The van der Waals surface area contributed by atoms with Crippen molar-refractivity contribution < 1.29 is 23.9 Å². The molecule has 2 saturated heterocycles. The molecule has 0 radical (unpaired) electrons. The largest absolute Gasteiger partial charge is 0.494 e. The summed E-state index contributed by atoms with van der Waals surface area (Å²) in [6.45, 7) is 8.09. The third-order valence-corrected chi connectivity index (χ3v) is 5.84. The van der Waals surface area contributed by atoms with E-state index in [1.165, 1.54) is 0 Å². The number of piperidine rings is 1. The monoisotopic (exact) mass is 431 g/mol. The predicted molar refractivity (Wildman–Crippen MR) is 116 cm³/mol. The van der Waals surface area contributed by atoms with Crippen molar-refractivity contribution in [1.29, 1.82) is 0 Å². The van der Waals surface area contributed by atoms with Gasteiger partial charge in [0, 0.05) is 38.1 Å². The number of nitrogens with one attached hydrogen (secondary N) is 1. The van der Waals surface area contributed by atoms with Crippen LogP contribution in [0.15, 0.2) is 24.3 Å². The minimum absolute atomic E-state index is 0.0137. The number of carbonyl (C=O) groups excluding carboxylic acids is 3. The highest BCUT2D eigenvalue weighted by molar-refractivity contribution is 5.89. The number of hydrogen-bond acceptors (Lipinski definition) is 5. The van der Waals surface area contributed by atoms with Crippen LogP contribution in [0, 0.1) is 5.92 Å². The van der Waals surface area contributed by atoms with Crippen molar-refractivity contribution in [2.75, 3.05) is 32.8 Å². The summed E-state index contributed by atoms with van der Waals surface area (Å²) in [6, 6.07) is 7.35. The Balaban J connectivity index is 1.38. The lowest BCUT2D eigenvalue weighted by molar-refractivity contribution is -0.134. The zero-order chi connectivity index (χ0) is 22.4. The van der Waals surface area contributed by atoms with Crippen LogP contribution >= 0.6 is 0 Å². The van der Waals surface area contributed by atoms with Gasteiger partial charge in [0.2, 0.25) is 11.8 Å². The van der Waals surface area contributed by atoms with Crippen LogP contribution in [-0.2, 0) is 14.4 Å². The standard InChI is InChI=1S/C23H33N3O5/c1-4-30-19-5-7-20(8-6-19)31-15-22(28)25-11-9-18(10-12-25)24-23(29)17-13-21(27)26(14-17)16(2)3/h5-8,16-18H,4,9-15H2,1-3H3,(H,24,29). The first-order valence-corrected chi connectivity index (χ1v) is 11.1. The average Bonchev–Trinajstić information content (AvgIpc) is 3.16. The fraction of sp³-hybridized carbons (Fsp3) is 0.609. The quantitative estimate of drug-likeness (QED) is 0.679. The van der Waals surface area contributed by atoms with Gasteiger partial charge in [0.25, 0.3) is 5.91 Å². The van der Waals surface area contributed by atoms with Crippen LogP contribution in [0.5, 0.6) is 11.5 Å². The molecule has 2 heterocycles. The molecule has 0 aliphatic carbocycles. The summed E-state index contributed by atoms with van der Waals surface area (Å²) in [5.74, 6) is 1.04. The molecule has 3 rings (SSSR count). The van der Waals surface area contributed by atoms with E-state index in [2.05, 4.69) is 5.32 Å². The Hall–Kier alpha value is -2.77. The van der Waals surface area contributed by atoms with E-state index in [4.69, 9.17) is 9.47 Å². The van der Waals surface area contributed by atoms with E-state index in [0.717, 1.165) is 5.75 Å². The highest BCUT2D eigenvalue weighted by Gasteiger charge is 2.36. The summed E-state index contributed by atoms with van der Waals surface area (Å²) in [5, 5.41) is 3.07. The summed E-state index contributed by atoms with van der Waals surface area (Å²) < 4.78 is 11.0. The van der Waals surface area contributed by atoms with Crippen LogP contribution < -0.4 is 14.8 Å². The van der Waals surface area contributed by atoms with E-state index >= 15 is 0 Å². The minimum atomic E-state index is -0.280. The highest BCUT2D eigenvalue weighted by Crippen LogP contribution is 2.21. The number of likely N-dealkylation sites (tertiary alicyclic amines) is 2. The number of rotatable bonds is 8. The fourth-order valence-corrected chi connectivity index (χ4v) is 4.03. The van der Waals surface area contributed by atoms with Gasteiger partial charge in [-0.1, -0.05) is 0 Å². The zero-order valence-electron chi connectivity index (χ0n) is 18.6. The lowest BCUT2D eigenvalue weighted by Crippen LogP contribution is -2.49. The Labute approximate surface area is 183 Å². The van der Waals surface area contributed by atoms with Crippen LogP contribution in [0.25, 0.3) is 0 Å². The second-order valence-corrected chi connectivity index (χ2v) is 8.40. The molecule has 1 N–H and O–H groups in total. The molecule has 8 nitrogen and oxygen atoms in total. The van der Waals surface area contributed by atoms with Crippen LogP contribution in [0.1, 0.15) is 40.0 Å². The molecule has 0 aromatic heterocycles. The first-order valence-electron chi connectivity index (χ1n) is 11.1. The van der Waals surface area contributed by atoms with Gasteiger partial charge in [0.05, 0.1) is 12.5 Å². The van der Waals surface area contributed by atoms with E-state index in [9.17, 15) is 14.4 Å². The maximum Gasteiger partial charge on any atom is 0.260 e. The Morgan fingerprint density at radius 2 is 1.71 bits per heavy atom. The first-order chi connectivity index (χ1) is 14.9. The normalized spacial score (nSPS) is 19.6. The number of benzene rings is 1. The van der Waals surface area contributed by atoms with Crippen molar-refractivity contribution in [3.8, 4) is 11.5 Å². The molecule has 0 spiro atoms. The number of hydrogen-bond donors (Lipinski definition) is 1. The topological polar surface area (TPSA) is 88.2 Å². The van der Waals surface area contributed by atoms with Gasteiger partial charge < -0.3 is 24.6 Å². The van der Waals surface area contributed by atoms with Crippen LogP contribution in [0.2, 0.25) is 0 Å². The van der Waals surface area contributed by atoms with Crippen LogP contribution in [0.3, 0.4) is 0 Å². The molecule has 3 amide bonds. The van der Waals surface area contributed by atoms with Crippen molar-refractivity contribution in [2.45, 2.75) is 52.1 Å². The number of nitrogens with zero attached hydrogens (tertiary/aromatic N) is 2. The second-order valence-electron chi connectivity index (χ2n) is 8.40. The lowest BCUT2D eigenvalue weighted by Gasteiger charge is -2.32. The predicted octanol–water partition coefficient (Wildman–Crippen LogP) is 1.83. The van der Waals surface area contributed by atoms with E-state index in [1.54, 1.807) is 21.9 Å². The smallest absolute Gasteiger partial charge is 0.260 e. The van der Waals surface area contributed by atoms with E-state index in [1.807, 2.05) is 32.9 Å². The second kappa shape index (κ2) is 10.5. The van der Waals surface area contributed by atoms with Gasteiger partial charge in [-0.3, -0.25) is 14.4 Å². The molecule has 2 fully saturated rings. The van der Waals surface area contributed by atoms with Gasteiger partial charge in [-0.2, -0.15) is 0 Å². The molecule has 0 saturated carbocycles. The van der Waals surface area contributed by atoms with Gasteiger partial charge in [0.1, 0.15) is 11.5 Å². The minimum Gasteiger partial charge on any atom is -0.494 e. The summed E-state index contributed by atoms with van der Waals surface area (Å²) >= 11 is 0. The lowest BCUT2D eigenvalue weighted by atomic mass is 10.0. The maximum atomic E-state index is 12.6. The van der Waals surface area contributed by atoms with Crippen molar-refractivity contribution in [1.82, 2.24) is 15.1 Å². The van der Waals surface area contributed by atoms with Gasteiger partial charge >= 0.3 is 0 Å². The SMILES string of the molecule is CCOc1ccc(OCC(=O)N2CCC(NC(=O)C3CC(=O)N(C(C)C)C3)CC2)cc1. The van der Waals surface area contributed by atoms with Crippen LogP contribution in [-0.4, -0.2) is 72.5 Å². The van der Waals surface area contributed by atoms with Gasteiger partial charge in [-0.25, -0.2) is 0 Å². The number of amides is 3.